The van der Waals surface area contributed by atoms with Gasteiger partial charge in [0.15, 0.2) is 0 Å². The number of halogens is 1. The number of fused-ring (bicyclic) bond motifs is 1. The second-order valence-electron chi connectivity index (χ2n) is 6.89. The molecule has 2 atom stereocenters. The van der Waals surface area contributed by atoms with Crippen LogP contribution < -0.4 is 16.1 Å². The van der Waals surface area contributed by atoms with Gasteiger partial charge in [-0.15, -0.1) is 0 Å². The van der Waals surface area contributed by atoms with Crippen molar-refractivity contribution in [3.8, 4) is 6.07 Å². The zero-order valence-electron chi connectivity index (χ0n) is 15.3. The minimum atomic E-state index is -1.23. The Bertz CT molecular complexity index is 938. The Kier molecular flexibility index (Phi) is 5.13. The molecule has 10 heteroatoms. The minimum absolute atomic E-state index is 0.141. The largest absolute Gasteiger partial charge is 0.494 e. The predicted octanol–water partition coefficient (Wildman–Crippen LogP) is 1.23. The molecule has 0 saturated carbocycles. The van der Waals surface area contributed by atoms with E-state index in [1.165, 1.54) is 6.07 Å². The summed E-state index contributed by atoms with van der Waals surface area (Å²) in [6.07, 6.45) is 2.32. The van der Waals surface area contributed by atoms with E-state index in [1.54, 1.807) is 12.3 Å². The highest BCUT2D eigenvalue weighted by Crippen LogP contribution is 2.24. The van der Waals surface area contributed by atoms with Crippen molar-refractivity contribution >= 4 is 30.0 Å². The number of rotatable bonds is 4. The third-order valence-corrected chi connectivity index (χ3v) is 4.93. The number of ether oxygens (including phenoxy) is 1. The fraction of sp³-hybridized carbons (Fsp3) is 0.389. The number of aromatic nitrogens is 2. The molecule has 3 heterocycles. The molecule has 1 aromatic carbocycles. The molecule has 0 bridgehead atoms. The van der Waals surface area contributed by atoms with Crippen molar-refractivity contribution in [3.05, 3.63) is 35.3 Å². The van der Waals surface area contributed by atoms with Gasteiger partial charge in [-0.2, -0.15) is 10.2 Å². The van der Waals surface area contributed by atoms with Crippen LogP contribution in [0.3, 0.4) is 0 Å². The number of nitriles is 1. The van der Waals surface area contributed by atoms with Crippen LogP contribution >= 0.6 is 0 Å². The molecule has 0 amide bonds. The molecule has 2 aliphatic heterocycles. The highest BCUT2D eigenvalue weighted by atomic mass is 19.1. The van der Waals surface area contributed by atoms with E-state index in [0.717, 1.165) is 5.56 Å². The summed E-state index contributed by atoms with van der Waals surface area (Å²) in [5.41, 5.74) is 2.03. The van der Waals surface area contributed by atoms with Gasteiger partial charge in [0.2, 0.25) is 5.95 Å². The maximum absolute atomic E-state index is 14.3. The quantitative estimate of drug-likeness (QED) is 0.676. The highest BCUT2D eigenvalue weighted by molar-refractivity contribution is 6.61. The Hall–Kier alpha value is -2.74. The third kappa shape index (κ3) is 3.64. The van der Waals surface area contributed by atoms with Gasteiger partial charge in [0, 0.05) is 29.5 Å². The van der Waals surface area contributed by atoms with Crippen LogP contribution in [0.1, 0.15) is 17.5 Å². The lowest BCUT2D eigenvalue weighted by molar-refractivity contribution is 0.0698. The number of nitrogens with one attached hydrogen (secondary N) is 2. The average Bonchev–Trinajstić information content (AvgIpc) is 3.06. The van der Waals surface area contributed by atoms with Crippen LogP contribution in [0.15, 0.2) is 18.3 Å². The van der Waals surface area contributed by atoms with Crippen LogP contribution in [0.2, 0.25) is 0 Å². The van der Waals surface area contributed by atoms with E-state index >= 15 is 0 Å². The van der Waals surface area contributed by atoms with Crippen LogP contribution in [0, 0.1) is 30.0 Å². The fourth-order valence-corrected chi connectivity index (χ4v) is 3.38. The number of anilines is 3. The standard InChI is InChI=1S/C18H19BFN5O3/c1-10-7-22-18(25-17(10)24-15-9-27-3-2-11(15)6-21)23-13-4-12-8-28-19(26)16(12)14(20)5-13/h4-5,7,11,15,26H,2-3,8-9H2,1H3,(H2,22,23,24,25)/t11-,15?/m0/s1. The van der Waals surface area contributed by atoms with Crippen LogP contribution in [0.4, 0.5) is 21.8 Å². The molecule has 1 saturated heterocycles. The number of hydrogen-bond acceptors (Lipinski definition) is 8. The summed E-state index contributed by atoms with van der Waals surface area (Å²) in [5, 5.41) is 25.2. The summed E-state index contributed by atoms with van der Waals surface area (Å²) >= 11 is 0. The van der Waals surface area contributed by atoms with Crippen molar-refractivity contribution < 1.29 is 18.8 Å². The molecule has 1 aromatic heterocycles. The molecule has 0 aliphatic carbocycles. The van der Waals surface area contributed by atoms with E-state index in [2.05, 4.69) is 26.7 Å². The molecule has 1 fully saturated rings. The average molecular weight is 383 g/mol. The van der Waals surface area contributed by atoms with Crippen LogP contribution in [0.25, 0.3) is 0 Å². The molecule has 4 rings (SSSR count). The molecular weight excluding hydrogens is 364 g/mol. The second-order valence-corrected chi connectivity index (χ2v) is 6.89. The van der Waals surface area contributed by atoms with Crippen LogP contribution in [-0.4, -0.2) is 41.4 Å². The predicted molar refractivity (Wildman–Crippen MR) is 101 cm³/mol. The maximum Gasteiger partial charge on any atom is 0.494 e. The summed E-state index contributed by atoms with van der Waals surface area (Å²) in [7, 11) is -1.23. The molecule has 144 valence electrons. The van der Waals surface area contributed by atoms with Gasteiger partial charge in [-0.3, -0.25) is 0 Å². The maximum atomic E-state index is 14.3. The molecule has 8 nitrogen and oxygen atoms in total. The molecule has 3 N–H and O–H groups in total. The topological polar surface area (TPSA) is 112 Å². The smallest absolute Gasteiger partial charge is 0.423 e. The highest BCUT2D eigenvalue weighted by Gasteiger charge is 2.31. The third-order valence-electron chi connectivity index (χ3n) is 4.93. The first-order valence-electron chi connectivity index (χ1n) is 9.01. The molecular formula is C18H19BFN5O3. The van der Waals surface area contributed by atoms with Crippen molar-refractivity contribution in [3.63, 3.8) is 0 Å². The first kappa shape index (κ1) is 18.6. The lowest BCUT2D eigenvalue weighted by Crippen LogP contribution is -2.38. The summed E-state index contributed by atoms with van der Waals surface area (Å²) < 4.78 is 24.8. The Morgan fingerprint density at radius 2 is 2.29 bits per heavy atom. The summed E-state index contributed by atoms with van der Waals surface area (Å²) in [6, 6.07) is 5.12. The van der Waals surface area contributed by atoms with E-state index in [4.69, 9.17) is 9.39 Å². The van der Waals surface area contributed by atoms with Gasteiger partial charge in [0.1, 0.15) is 11.6 Å². The van der Waals surface area contributed by atoms with Gasteiger partial charge in [-0.1, -0.05) is 0 Å². The van der Waals surface area contributed by atoms with Crippen molar-refractivity contribution in [2.75, 3.05) is 23.8 Å². The molecule has 2 aliphatic rings. The van der Waals surface area contributed by atoms with Crippen LogP contribution in [-0.2, 0) is 16.0 Å². The number of benzene rings is 1. The Morgan fingerprint density at radius 3 is 3.11 bits per heavy atom. The zero-order valence-corrected chi connectivity index (χ0v) is 15.3. The summed E-state index contributed by atoms with van der Waals surface area (Å²) in [4.78, 5) is 8.71. The lowest BCUT2D eigenvalue weighted by atomic mass is 9.79. The molecule has 28 heavy (non-hydrogen) atoms. The first-order chi connectivity index (χ1) is 13.5. The lowest BCUT2D eigenvalue weighted by Gasteiger charge is -2.28. The number of hydrogen-bond donors (Lipinski definition) is 3. The molecule has 0 spiro atoms. The SMILES string of the molecule is Cc1cnc(Nc2cc(F)c3c(c2)COB3O)nc1NC1COCC[C@H]1C#N. The molecule has 2 aromatic rings. The van der Waals surface area contributed by atoms with Crippen molar-refractivity contribution in [1.29, 1.82) is 5.26 Å². The van der Waals surface area contributed by atoms with E-state index < -0.39 is 12.9 Å². The summed E-state index contributed by atoms with van der Waals surface area (Å²) in [5.74, 6) is 0.175. The van der Waals surface area contributed by atoms with Gasteiger partial charge in [0.05, 0.1) is 31.2 Å². The minimum Gasteiger partial charge on any atom is -0.423 e. The zero-order chi connectivity index (χ0) is 19.7. The number of nitrogens with zero attached hydrogens (tertiary/aromatic N) is 3. The Labute approximate surface area is 161 Å². The Balaban J connectivity index is 1.55. The van der Waals surface area contributed by atoms with Gasteiger partial charge >= 0.3 is 7.12 Å². The summed E-state index contributed by atoms with van der Waals surface area (Å²) in [6.45, 7) is 3.02. The van der Waals surface area contributed by atoms with Crippen molar-refractivity contribution in [1.82, 2.24) is 9.97 Å². The fourth-order valence-electron chi connectivity index (χ4n) is 3.38. The first-order valence-corrected chi connectivity index (χ1v) is 9.01. The van der Waals surface area contributed by atoms with Gasteiger partial charge in [-0.05, 0) is 31.0 Å². The molecule has 0 radical (unpaired) electrons. The van der Waals surface area contributed by atoms with Gasteiger partial charge in [0.25, 0.3) is 0 Å². The molecule has 1 unspecified atom stereocenters. The van der Waals surface area contributed by atoms with Gasteiger partial charge in [-0.25, -0.2) is 9.37 Å². The van der Waals surface area contributed by atoms with E-state index in [-0.39, 0.29) is 30.0 Å². The Morgan fingerprint density at radius 1 is 1.43 bits per heavy atom. The van der Waals surface area contributed by atoms with Crippen molar-refractivity contribution in [2.45, 2.75) is 26.0 Å². The van der Waals surface area contributed by atoms with E-state index in [0.29, 0.717) is 36.7 Å². The monoisotopic (exact) mass is 383 g/mol. The van der Waals surface area contributed by atoms with E-state index in [1.807, 2.05) is 6.92 Å². The normalized spacial score (nSPS) is 21.1. The number of aryl methyl sites for hydroxylation is 1. The second kappa shape index (κ2) is 7.71. The van der Waals surface area contributed by atoms with Crippen molar-refractivity contribution in [2.24, 2.45) is 5.92 Å². The van der Waals surface area contributed by atoms with Gasteiger partial charge < -0.3 is 25.0 Å². The van der Waals surface area contributed by atoms with E-state index in [9.17, 15) is 14.7 Å². The van der Waals surface area contributed by atoms with Crippen LogP contribution in [0.5, 0.6) is 0 Å².